The van der Waals surface area contributed by atoms with E-state index < -0.39 is 5.91 Å². The van der Waals surface area contributed by atoms with Gasteiger partial charge in [0.25, 0.3) is 0 Å². The number of rotatable bonds is 2. The highest BCUT2D eigenvalue weighted by Crippen LogP contribution is 2.27. The molecule has 1 aromatic carbocycles. The molecule has 1 amide bonds. The summed E-state index contributed by atoms with van der Waals surface area (Å²) in [6.45, 7) is 3.44. The molecule has 4 N–H and O–H groups in total. The van der Waals surface area contributed by atoms with Crippen LogP contribution in [0.1, 0.15) is 27.2 Å². The Morgan fingerprint density at radius 3 is 2.90 bits per heavy atom. The first-order chi connectivity index (χ1) is 10.0. The van der Waals surface area contributed by atoms with Crippen LogP contribution in [-0.2, 0) is 13.0 Å². The number of anilines is 2. The topological polar surface area (TPSA) is 85.2 Å². The minimum atomic E-state index is -0.427. The Morgan fingerprint density at radius 1 is 1.33 bits per heavy atom. The van der Waals surface area contributed by atoms with E-state index in [1.54, 1.807) is 12.1 Å². The van der Waals surface area contributed by atoms with Crippen LogP contribution in [0.2, 0.25) is 0 Å². The Morgan fingerprint density at radius 2 is 2.14 bits per heavy atom. The Kier molecular flexibility index (Phi) is 3.25. The van der Waals surface area contributed by atoms with Gasteiger partial charge in [0, 0.05) is 30.0 Å². The van der Waals surface area contributed by atoms with Gasteiger partial charge >= 0.3 is 0 Å². The van der Waals surface area contributed by atoms with Crippen LogP contribution in [0.4, 0.5) is 11.5 Å². The Labute approximate surface area is 123 Å². The maximum atomic E-state index is 11.4. The molecule has 0 atom stereocenters. The number of aryl methyl sites for hydroxylation is 1. The molecule has 0 saturated heterocycles. The molecule has 5 heteroatoms. The quantitative estimate of drug-likeness (QED) is 0.820. The fraction of sp³-hybridized carbons (Fsp3) is 0.250. The number of carbonyl (C=O) groups excluding carboxylic acids is 1. The van der Waals surface area contributed by atoms with E-state index in [0.717, 1.165) is 36.7 Å². The summed E-state index contributed by atoms with van der Waals surface area (Å²) in [6, 6.07) is 9.46. The normalized spacial score (nSPS) is 13.9. The molecule has 1 aromatic heterocycles. The van der Waals surface area contributed by atoms with Crippen molar-refractivity contribution < 1.29 is 4.79 Å². The third kappa shape index (κ3) is 2.54. The molecule has 108 valence electrons. The number of pyridine rings is 1. The van der Waals surface area contributed by atoms with Gasteiger partial charge in [-0.05, 0) is 42.7 Å². The lowest BCUT2D eigenvalue weighted by Gasteiger charge is -2.30. The molecular formula is C16H18N4O. The largest absolute Gasteiger partial charge is 0.398 e. The van der Waals surface area contributed by atoms with Crippen molar-refractivity contribution in [2.45, 2.75) is 19.9 Å². The van der Waals surface area contributed by atoms with Crippen molar-refractivity contribution >= 4 is 17.4 Å². The van der Waals surface area contributed by atoms with Gasteiger partial charge in [-0.1, -0.05) is 12.1 Å². The number of nitrogen functional groups attached to an aromatic ring is 1. The summed E-state index contributed by atoms with van der Waals surface area (Å²) in [5.74, 6) is 0.361. The van der Waals surface area contributed by atoms with Crippen molar-refractivity contribution in [1.82, 2.24) is 4.98 Å². The predicted octanol–water partition coefficient (Wildman–Crippen LogP) is 1.63. The van der Waals surface area contributed by atoms with Crippen molar-refractivity contribution in [3.05, 3.63) is 52.7 Å². The van der Waals surface area contributed by atoms with Crippen LogP contribution in [0, 0.1) is 6.92 Å². The van der Waals surface area contributed by atoms with E-state index in [4.69, 9.17) is 11.5 Å². The van der Waals surface area contributed by atoms with Crippen LogP contribution >= 0.6 is 0 Å². The van der Waals surface area contributed by atoms with E-state index in [9.17, 15) is 4.79 Å². The predicted molar refractivity (Wildman–Crippen MR) is 83.1 cm³/mol. The molecule has 1 aliphatic rings. The summed E-state index contributed by atoms with van der Waals surface area (Å²) in [4.78, 5) is 18.1. The molecule has 0 aliphatic carbocycles. The van der Waals surface area contributed by atoms with E-state index in [1.165, 1.54) is 11.1 Å². The minimum absolute atomic E-state index is 0.427. The van der Waals surface area contributed by atoms with Crippen LogP contribution in [0.15, 0.2) is 30.3 Å². The summed E-state index contributed by atoms with van der Waals surface area (Å²) in [5.41, 5.74) is 16.0. The second kappa shape index (κ2) is 5.09. The van der Waals surface area contributed by atoms with Crippen LogP contribution in [0.3, 0.4) is 0 Å². The van der Waals surface area contributed by atoms with Gasteiger partial charge in [0.05, 0.1) is 0 Å². The summed E-state index contributed by atoms with van der Waals surface area (Å²) >= 11 is 0. The van der Waals surface area contributed by atoms with Gasteiger partial charge in [-0.15, -0.1) is 0 Å². The Bertz CT molecular complexity index is 711. The number of primary amides is 1. The Hall–Kier alpha value is -2.56. The number of amides is 1. The molecule has 1 aliphatic heterocycles. The SMILES string of the molecule is Cc1cc(C(N)=O)cc(N2CCc3c(N)cccc3C2)n1. The van der Waals surface area contributed by atoms with Gasteiger partial charge in [0.15, 0.2) is 0 Å². The molecule has 0 radical (unpaired) electrons. The molecule has 2 heterocycles. The first-order valence-electron chi connectivity index (χ1n) is 6.94. The summed E-state index contributed by atoms with van der Waals surface area (Å²) in [7, 11) is 0. The number of aromatic nitrogens is 1. The lowest BCUT2D eigenvalue weighted by atomic mass is 9.98. The third-order valence-corrected chi connectivity index (χ3v) is 3.85. The summed E-state index contributed by atoms with van der Waals surface area (Å²) in [5, 5.41) is 0. The highest BCUT2D eigenvalue weighted by atomic mass is 16.1. The van der Waals surface area contributed by atoms with E-state index in [2.05, 4.69) is 16.0 Å². The van der Waals surface area contributed by atoms with Gasteiger partial charge < -0.3 is 16.4 Å². The van der Waals surface area contributed by atoms with Crippen molar-refractivity contribution in [1.29, 1.82) is 0 Å². The van der Waals surface area contributed by atoms with Gasteiger partial charge in [0.2, 0.25) is 5.91 Å². The van der Waals surface area contributed by atoms with Crippen molar-refractivity contribution in [2.75, 3.05) is 17.2 Å². The highest BCUT2D eigenvalue weighted by Gasteiger charge is 2.20. The van der Waals surface area contributed by atoms with Crippen molar-refractivity contribution in [2.24, 2.45) is 5.73 Å². The average molecular weight is 282 g/mol. The number of hydrogen-bond acceptors (Lipinski definition) is 4. The van der Waals surface area contributed by atoms with E-state index in [0.29, 0.717) is 5.56 Å². The minimum Gasteiger partial charge on any atom is -0.398 e. The molecule has 0 fully saturated rings. The first-order valence-corrected chi connectivity index (χ1v) is 6.94. The third-order valence-electron chi connectivity index (χ3n) is 3.85. The summed E-state index contributed by atoms with van der Waals surface area (Å²) in [6.07, 6.45) is 0.879. The summed E-state index contributed by atoms with van der Waals surface area (Å²) < 4.78 is 0. The zero-order valence-electron chi connectivity index (χ0n) is 12.0. The Balaban J connectivity index is 1.94. The standard InChI is InChI=1S/C16H18N4O/c1-10-7-12(16(18)21)8-15(19-10)20-6-5-13-11(9-20)3-2-4-14(13)17/h2-4,7-8H,5-6,9,17H2,1H3,(H2,18,21). The fourth-order valence-corrected chi connectivity index (χ4v) is 2.79. The zero-order valence-corrected chi connectivity index (χ0v) is 12.0. The van der Waals surface area contributed by atoms with Gasteiger partial charge in [0.1, 0.15) is 5.82 Å². The van der Waals surface area contributed by atoms with E-state index in [1.807, 2.05) is 19.1 Å². The van der Waals surface area contributed by atoms with Crippen LogP contribution in [-0.4, -0.2) is 17.4 Å². The maximum absolute atomic E-state index is 11.4. The monoisotopic (exact) mass is 282 g/mol. The fourth-order valence-electron chi connectivity index (χ4n) is 2.79. The lowest BCUT2D eigenvalue weighted by molar-refractivity contribution is 0.1000. The zero-order chi connectivity index (χ0) is 15.0. The van der Waals surface area contributed by atoms with E-state index in [-0.39, 0.29) is 0 Å². The van der Waals surface area contributed by atoms with Crippen LogP contribution < -0.4 is 16.4 Å². The average Bonchev–Trinajstić information content (AvgIpc) is 2.46. The van der Waals surface area contributed by atoms with Gasteiger partial charge in [-0.25, -0.2) is 4.98 Å². The second-order valence-electron chi connectivity index (χ2n) is 5.38. The number of nitrogens with two attached hydrogens (primary N) is 2. The molecule has 0 unspecified atom stereocenters. The lowest BCUT2D eigenvalue weighted by Crippen LogP contribution is -2.32. The molecule has 0 spiro atoms. The number of fused-ring (bicyclic) bond motifs is 1. The number of nitrogens with zero attached hydrogens (tertiary/aromatic N) is 2. The number of carbonyl (C=O) groups is 1. The smallest absolute Gasteiger partial charge is 0.248 e. The van der Waals surface area contributed by atoms with Gasteiger partial charge in [-0.3, -0.25) is 4.79 Å². The van der Waals surface area contributed by atoms with Gasteiger partial charge in [-0.2, -0.15) is 0 Å². The number of hydrogen-bond donors (Lipinski definition) is 2. The molecule has 0 bridgehead atoms. The molecule has 5 nitrogen and oxygen atoms in total. The highest BCUT2D eigenvalue weighted by molar-refractivity contribution is 5.93. The van der Waals surface area contributed by atoms with E-state index >= 15 is 0 Å². The van der Waals surface area contributed by atoms with Crippen LogP contribution in [0.5, 0.6) is 0 Å². The van der Waals surface area contributed by atoms with Crippen LogP contribution in [0.25, 0.3) is 0 Å². The molecule has 0 saturated carbocycles. The van der Waals surface area contributed by atoms with Crippen molar-refractivity contribution in [3.8, 4) is 0 Å². The van der Waals surface area contributed by atoms with Crippen molar-refractivity contribution in [3.63, 3.8) is 0 Å². The molecular weight excluding hydrogens is 264 g/mol. The molecule has 3 rings (SSSR count). The number of benzene rings is 1. The second-order valence-corrected chi connectivity index (χ2v) is 5.38. The maximum Gasteiger partial charge on any atom is 0.248 e. The molecule has 21 heavy (non-hydrogen) atoms. The molecule has 2 aromatic rings. The first kappa shape index (κ1) is 13.4.